The zero-order chi connectivity index (χ0) is 12.0. The highest BCUT2D eigenvalue weighted by Crippen LogP contribution is 2.16. The summed E-state index contributed by atoms with van der Waals surface area (Å²) in [6.07, 6.45) is 3.76. The summed E-state index contributed by atoms with van der Waals surface area (Å²) in [7, 11) is 0. The number of hydrogen-bond donors (Lipinski definition) is 2. The topological polar surface area (TPSA) is 71.1 Å². The van der Waals surface area contributed by atoms with Crippen molar-refractivity contribution in [3.05, 3.63) is 0 Å². The molecule has 1 rings (SSSR count). The van der Waals surface area contributed by atoms with Gasteiger partial charge < -0.3 is 15.7 Å². The molecule has 0 bridgehead atoms. The van der Waals surface area contributed by atoms with Crippen molar-refractivity contribution in [3.63, 3.8) is 0 Å². The van der Waals surface area contributed by atoms with Crippen molar-refractivity contribution in [1.29, 1.82) is 0 Å². The molecule has 3 N–H and O–H groups in total. The van der Waals surface area contributed by atoms with Crippen LogP contribution in [0.2, 0.25) is 0 Å². The molecule has 0 aliphatic carbocycles. The Hall–Kier alpha value is -0.810. The molecule has 16 heavy (non-hydrogen) atoms. The van der Waals surface area contributed by atoms with Gasteiger partial charge in [0, 0.05) is 19.2 Å². The van der Waals surface area contributed by atoms with Crippen LogP contribution in [0.4, 0.5) is 0 Å². The maximum atomic E-state index is 8.56. The third-order valence-electron chi connectivity index (χ3n) is 2.99. The Labute approximate surface area is 97.2 Å². The van der Waals surface area contributed by atoms with Gasteiger partial charge in [-0.25, -0.2) is 0 Å². The van der Waals surface area contributed by atoms with Gasteiger partial charge in [0.1, 0.15) is 0 Å². The van der Waals surface area contributed by atoms with Gasteiger partial charge in [-0.1, -0.05) is 5.16 Å². The fourth-order valence-electron chi connectivity index (χ4n) is 1.94. The van der Waals surface area contributed by atoms with Gasteiger partial charge in [0.05, 0.1) is 12.6 Å². The Morgan fingerprint density at radius 3 is 2.88 bits per heavy atom. The highest BCUT2D eigenvalue weighted by molar-refractivity contribution is 5.81. The molecule has 94 valence electrons. The first-order chi connectivity index (χ1) is 7.63. The van der Waals surface area contributed by atoms with Crippen molar-refractivity contribution in [1.82, 2.24) is 4.90 Å². The van der Waals surface area contributed by atoms with E-state index in [1.807, 2.05) is 0 Å². The molecule has 1 fully saturated rings. The summed E-state index contributed by atoms with van der Waals surface area (Å²) in [5.41, 5.74) is 5.52. The largest absolute Gasteiger partial charge is 0.409 e. The molecular weight excluding hydrogens is 206 g/mol. The summed E-state index contributed by atoms with van der Waals surface area (Å²) < 4.78 is 5.58. The lowest BCUT2D eigenvalue weighted by Gasteiger charge is -2.26. The minimum Gasteiger partial charge on any atom is -0.409 e. The standard InChI is InChI=1S/C11H23N3O2/c1-9(2)14(8-11(12)13-15)6-5-10-4-3-7-16-10/h9-10,15H,3-8H2,1-2H3,(H2,12,13). The van der Waals surface area contributed by atoms with Crippen molar-refractivity contribution < 1.29 is 9.94 Å². The quantitative estimate of drug-likeness (QED) is 0.309. The van der Waals surface area contributed by atoms with E-state index in [0.29, 0.717) is 18.7 Å². The molecule has 0 amide bonds. The molecule has 1 heterocycles. The SMILES string of the molecule is CC(C)N(CCC1CCCO1)CC(N)=NO. The monoisotopic (exact) mass is 229 g/mol. The summed E-state index contributed by atoms with van der Waals surface area (Å²) in [6.45, 7) is 6.56. The molecule has 0 aromatic rings. The number of ether oxygens (including phenoxy) is 1. The minimum absolute atomic E-state index is 0.265. The molecule has 5 heteroatoms. The second kappa shape index (κ2) is 6.70. The molecule has 0 aromatic carbocycles. The average molecular weight is 229 g/mol. The van der Waals surface area contributed by atoms with Crippen LogP contribution in [0.3, 0.4) is 0 Å². The maximum absolute atomic E-state index is 8.56. The molecule has 0 aromatic heterocycles. The molecule has 5 nitrogen and oxygen atoms in total. The van der Waals surface area contributed by atoms with Gasteiger partial charge >= 0.3 is 0 Å². The van der Waals surface area contributed by atoms with Crippen LogP contribution in [0.5, 0.6) is 0 Å². The summed E-state index contributed by atoms with van der Waals surface area (Å²) in [5.74, 6) is 0.265. The Balaban J connectivity index is 2.32. The van der Waals surface area contributed by atoms with Gasteiger partial charge in [-0.3, -0.25) is 4.90 Å². The molecule has 0 spiro atoms. The smallest absolute Gasteiger partial charge is 0.153 e. The van der Waals surface area contributed by atoms with Crippen LogP contribution in [-0.2, 0) is 4.74 Å². The van der Waals surface area contributed by atoms with Crippen molar-refractivity contribution in [2.24, 2.45) is 10.9 Å². The van der Waals surface area contributed by atoms with Crippen molar-refractivity contribution >= 4 is 5.84 Å². The molecule has 0 radical (unpaired) electrons. The molecule has 1 unspecified atom stereocenters. The second-order valence-electron chi connectivity index (χ2n) is 4.58. The Kier molecular flexibility index (Phi) is 5.55. The first kappa shape index (κ1) is 13.3. The minimum atomic E-state index is 0.265. The van der Waals surface area contributed by atoms with Crippen LogP contribution in [-0.4, -0.2) is 47.8 Å². The van der Waals surface area contributed by atoms with Crippen molar-refractivity contribution in [2.75, 3.05) is 19.7 Å². The highest BCUT2D eigenvalue weighted by atomic mass is 16.5. The first-order valence-electron chi connectivity index (χ1n) is 5.95. The van der Waals surface area contributed by atoms with E-state index in [1.54, 1.807) is 0 Å². The predicted octanol–water partition coefficient (Wildman–Crippen LogP) is 1.01. The summed E-state index contributed by atoms with van der Waals surface area (Å²) in [5, 5.41) is 11.6. The fraction of sp³-hybridized carbons (Fsp3) is 0.909. The zero-order valence-electron chi connectivity index (χ0n) is 10.2. The van der Waals surface area contributed by atoms with E-state index in [9.17, 15) is 0 Å². The number of hydrogen-bond acceptors (Lipinski definition) is 4. The van der Waals surface area contributed by atoms with Gasteiger partial charge in [0.15, 0.2) is 5.84 Å². The number of amidine groups is 1. The van der Waals surface area contributed by atoms with Gasteiger partial charge in [-0.05, 0) is 33.1 Å². The van der Waals surface area contributed by atoms with Gasteiger partial charge in [-0.15, -0.1) is 0 Å². The molecule has 0 saturated carbocycles. The molecule has 1 saturated heterocycles. The lowest BCUT2D eigenvalue weighted by molar-refractivity contribution is 0.0899. The number of rotatable bonds is 6. The highest BCUT2D eigenvalue weighted by Gasteiger charge is 2.18. The Bertz CT molecular complexity index is 225. The van der Waals surface area contributed by atoms with Crippen molar-refractivity contribution in [2.45, 2.75) is 45.3 Å². The third kappa shape index (κ3) is 4.37. The number of nitrogens with zero attached hydrogens (tertiary/aromatic N) is 2. The normalized spacial score (nSPS) is 22.2. The van der Waals surface area contributed by atoms with Crippen LogP contribution >= 0.6 is 0 Å². The predicted molar refractivity (Wildman–Crippen MR) is 63.7 cm³/mol. The lowest BCUT2D eigenvalue weighted by atomic mass is 10.1. The van der Waals surface area contributed by atoms with Gasteiger partial charge in [0.25, 0.3) is 0 Å². The van der Waals surface area contributed by atoms with E-state index in [4.69, 9.17) is 15.7 Å². The molecular formula is C11H23N3O2. The van der Waals surface area contributed by atoms with E-state index in [0.717, 1.165) is 26.0 Å². The molecule has 1 aliphatic rings. The lowest BCUT2D eigenvalue weighted by Crippen LogP contribution is -2.40. The van der Waals surface area contributed by atoms with Crippen LogP contribution in [0.1, 0.15) is 33.1 Å². The average Bonchev–Trinajstić information content (AvgIpc) is 2.76. The van der Waals surface area contributed by atoms with E-state index in [-0.39, 0.29) is 5.84 Å². The van der Waals surface area contributed by atoms with Crippen LogP contribution in [0.25, 0.3) is 0 Å². The van der Waals surface area contributed by atoms with Crippen LogP contribution in [0.15, 0.2) is 5.16 Å². The van der Waals surface area contributed by atoms with Crippen LogP contribution in [0, 0.1) is 0 Å². The van der Waals surface area contributed by atoms with Crippen LogP contribution < -0.4 is 5.73 Å². The van der Waals surface area contributed by atoms with E-state index >= 15 is 0 Å². The molecule has 1 atom stereocenters. The fourth-order valence-corrected chi connectivity index (χ4v) is 1.94. The van der Waals surface area contributed by atoms with E-state index in [1.165, 1.54) is 6.42 Å². The molecule has 1 aliphatic heterocycles. The summed E-state index contributed by atoms with van der Waals surface area (Å²) >= 11 is 0. The first-order valence-corrected chi connectivity index (χ1v) is 5.95. The summed E-state index contributed by atoms with van der Waals surface area (Å²) in [6, 6.07) is 0.390. The zero-order valence-corrected chi connectivity index (χ0v) is 10.2. The van der Waals surface area contributed by atoms with E-state index < -0.39 is 0 Å². The second-order valence-corrected chi connectivity index (χ2v) is 4.58. The summed E-state index contributed by atoms with van der Waals surface area (Å²) in [4.78, 5) is 2.19. The number of nitrogens with two attached hydrogens (primary N) is 1. The van der Waals surface area contributed by atoms with Gasteiger partial charge in [0.2, 0.25) is 0 Å². The van der Waals surface area contributed by atoms with Gasteiger partial charge in [-0.2, -0.15) is 0 Å². The van der Waals surface area contributed by atoms with Crippen molar-refractivity contribution in [3.8, 4) is 0 Å². The van der Waals surface area contributed by atoms with E-state index in [2.05, 4.69) is 23.9 Å². The Morgan fingerprint density at radius 1 is 1.62 bits per heavy atom. The maximum Gasteiger partial charge on any atom is 0.153 e. The number of oxime groups is 1. The third-order valence-corrected chi connectivity index (χ3v) is 2.99. The Morgan fingerprint density at radius 2 is 2.38 bits per heavy atom.